The van der Waals surface area contributed by atoms with E-state index in [9.17, 15) is 15.0 Å². The second-order valence-corrected chi connectivity index (χ2v) is 9.13. The second kappa shape index (κ2) is 10.8. The van der Waals surface area contributed by atoms with E-state index in [2.05, 4.69) is 0 Å². The van der Waals surface area contributed by atoms with Crippen molar-refractivity contribution in [1.82, 2.24) is 0 Å². The zero-order valence-electron chi connectivity index (χ0n) is 16.4. The van der Waals surface area contributed by atoms with Crippen molar-refractivity contribution in [3.63, 3.8) is 0 Å². The monoisotopic (exact) mass is 404 g/mol. The lowest BCUT2D eigenvalue weighted by molar-refractivity contribution is 0.0400. The Bertz CT molecular complexity index is 722. The smallest absolute Gasteiger partial charge is 0.508 e. The molecule has 28 heavy (non-hydrogen) atoms. The quantitative estimate of drug-likeness (QED) is 0.544. The Hall–Kier alpha value is -2.35. The third kappa shape index (κ3) is 6.67. The highest BCUT2D eigenvalue weighted by atomic mass is 28.4. The van der Waals surface area contributed by atoms with Crippen LogP contribution in [0.3, 0.4) is 0 Å². The molecule has 0 spiro atoms. The summed E-state index contributed by atoms with van der Waals surface area (Å²) in [6, 6.07) is 13.3. The van der Waals surface area contributed by atoms with Gasteiger partial charge in [0.25, 0.3) is 0 Å². The maximum Gasteiger partial charge on any atom is 0.568 e. The SMILES string of the molecule is CCCO[Si](CCc1ccc(O)cc1)(OCCC)OC(=O)c1ccc(O)cc1. The first-order valence-corrected chi connectivity index (χ1v) is 11.5. The summed E-state index contributed by atoms with van der Waals surface area (Å²) in [4.78, 5) is 12.7. The first kappa shape index (κ1) is 21.9. The van der Waals surface area contributed by atoms with Crippen LogP contribution in [0, 0.1) is 0 Å². The van der Waals surface area contributed by atoms with Crippen molar-refractivity contribution >= 4 is 14.8 Å². The van der Waals surface area contributed by atoms with Crippen LogP contribution in [-0.2, 0) is 19.7 Å². The molecule has 6 nitrogen and oxygen atoms in total. The number of aromatic hydroxyl groups is 2. The first-order chi connectivity index (χ1) is 13.5. The summed E-state index contributed by atoms with van der Waals surface area (Å²) < 4.78 is 17.9. The van der Waals surface area contributed by atoms with E-state index in [0.29, 0.717) is 31.2 Å². The molecule has 0 saturated carbocycles. The Labute approximate surface area is 167 Å². The summed E-state index contributed by atoms with van der Waals surface area (Å²) in [5, 5.41) is 18.9. The van der Waals surface area contributed by atoms with E-state index >= 15 is 0 Å². The van der Waals surface area contributed by atoms with Crippen LogP contribution in [0.1, 0.15) is 42.6 Å². The summed E-state index contributed by atoms with van der Waals surface area (Å²) in [6.45, 7) is 4.85. The van der Waals surface area contributed by atoms with Crippen LogP contribution >= 0.6 is 0 Å². The number of phenols is 2. The van der Waals surface area contributed by atoms with E-state index in [0.717, 1.165) is 18.4 Å². The van der Waals surface area contributed by atoms with Gasteiger partial charge in [-0.2, -0.15) is 0 Å². The van der Waals surface area contributed by atoms with Crippen LogP contribution in [0.25, 0.3) is 0 Å². The average molecular weight is 405 g/mol. The van der Waals surface area contributed by atoms with Gasteiger partial charge in [-0.1, -0.05) is 26.0 Å². The van der Waals surface area contributed by atoms with Crippen LogP contribution in [0.4, 0.5) is 0 Å². The van der Waals surface area contributed by atoms with Gasteiger partial charge in [0.15, 0.2) is 0 Å². The predicted octanol–water partition coefficient (Wildman–Crippen LogP) is 4.29. The normalized spacial score (nSPS) is 11.4. The fourth-order valence-electron chi connectivity index (χ4n) is 2.57. The van der Waals surface area contributed by atoms with Crippen molar-refractivity contribution in [2.24, 2.45) is 0 Å². The molecule has 2 rings (SSSR count). The molecule has 0 saturated heterocycles. The van der Waals surface area contributed by atoms with Gasteiger partial charge in [-0.05, 0) is 61.2 Å². The molecule has 0 radical (unpaired) electrons. The standard InChI is InChI=1S/C21H28O6Si/c1-3-14-25-28(26-15-4-2,16-13-17-5-9-19(22)10-6-17)27-21(24)18-7-11-20(23)12-8-18/h5-12,22-23H,3-4,13-16H2,1-2H3. The molecule has 0 atom stereocenters. The lowest BCUT2D eigenvalue weighted by Gasteiger charge is -2.29. The minimum atomic E-state index is -3.27. The Morgan fingerprint density at radius 1 is 0.857 bits per heavy atom. The Balaban J connectivity index is 2.19. The minimum Gasteiger partial charge on any atom is -0.508 e. The maximum absolute atomic E-state index is 12.7. The van der Waals surface area contributed by atoms with Gasteiger partial charge in [0, 0.05) is 19.3 Å². The van der Waals surface area contributed by atoms with Crippen molar-refractivity contribution in [1.29, 1.82) is 0 Å². The van der Waals surface area contributed by atoms with E-state index in [1.54, 1.807) is 12.1 Å². The highest BCUT2D eigenvalue weighted by molar-refractivity contribution is 6.62. The van der Waals surface area contributed by atoms with Crippen molar-refractivity contribution in [2.75, 3.05) is 13.2 Å². The molecule has 0 fully saturated rings. The number of rotatable bonds is 11. The molecule has 0 aliphatic rings. The average Bonchev–Trinajstić information content (AvgIpc) is 2.70. The summed E-state index contributed by atoms with van der Waals surface area (Å²) in [5.74, 6) is -0.239. The molecule has 0 aliphatic carbocycles. The topological polar surface area (TPSA) is 85.2 Å². The largest absolute Gasteiger partial charge is 0.568 e. The number of benzene rings is 2. The van der Waals surface area contributed by atoms with Crippen molar-refractivity contribution in [2.45, 2.75) is 39.2 Å². The first-order valence-electron chi connectivity index (χ1n) is 9.56. The third-order valence-corrected chi connectivity index (χ3v) is 6.71. The van der Waals surface area contributed by atoms with Crippen molar-refractivity contribution in [3.05, 3.63) is 59.7 Å². The zero-order chi connectivity index (χ0) is 20.4. The molecule has 2 aromatic rings. The van der Waals surface area contributed by atoms with Crippen LogP contribution in [0.15, 0.2) is 48.5 Å². The van der Waals surface area contributed by atoms with Gasteiger partial charge >= 0.3 is 14.8 Å². The highest BCUT2D eigenvalue weighted by Gasteiger charge is 2.45. The van der Waals surface area contributed by atoms with E-state index in [4.69, 9.17) is 13.3 Å². The number of hydrogen-bond acceptors (Lipinski definition) is 6. The van der Waals surface area contributed by atoms with Gasteiger partial charge in [0.05, 0.1) is 5.56 Å². The molecule has 0 aromatic heterocycles. The lowest BCUT2D eigenvalue weighted by Crippen LogP contribution is -2.48. The molecular weight excluding hydrogens is 376 g/mol. The molecule has 0 heterocycles. The number of carbonyl (C=O) groups is 1. The third-order valence-electron chi connectivity index (χ3n) is 4.06. The molecule has 2 N–H and O–H groups in total. The fourth-order valence-corrected chi connectivity index (χ4v) is 5.19. The van der Waals surface area contributed by atoms with Crippen LogP contribution in [-0.4, -0.2) is 38.2 Å². The molecule has 0 amide bonds. The summed E-state index contributed by atoms with van der Waals surface area (Å²) in [7, 11) is -3.27. The van der Waals surface area contributed by atoms with Crippen LogP contribution < -0.4 is 0 Å². The van der Waals surface area contributed by atoms with Gasteiger partial charge in [-0.15, -0.1) is 0 Å². The predicted molar refractivity (Wildman–Crippen MR) is 108 cm³/mol. The Morgan fingerprint density at radius 2 is 1.36 bits per heavy atom. The van der Waals surface area contributed by atoms with Gasteiger partial charge in [-0.25, -0.2) is 4.79 Å². The van der Waals surface area contributed by atoms with Gasteiger partial charge in [-0.3, -0.25) is 0 Å². The molecule has 7 heteroatoms. The fraction of sp³-hybridized carbons (Fsp3) is 0.381. The van der Waals surface area contributed by atoms with E-state index in [1.165, 1.54) is 24.3 Å². The summed E-state index contributed by atoms with van der Waals surface area (Å²) in [5.41, 5.74) is 1.33. The van der Waals surface area contributed by atoms with E-state index in [1.807, 2.05) is 26.0 Å². The van der Waals surface area contributed by atoms with Gasteiger partial charge < -0.3 is 23.5 Å². The minimum absolute atomic E-state index is 0.0804. The van der Waals surface area contributed by atoms with E-state index < -0.39 is 14.8 Å². The Morgan fingerprint density at radius 3 is 1.86 bits per heavy atom. The molecule has 2 aromatic carbocycles. The molecule has 0 bridgehead atoms. The zero-order valence-corrected chi connectivity index (χ0v) is 17.4. The number of phenolic OH excluding ortho intramolecular Hbond substituents is 2. The number of hydrogen-bond donors (Lipinski definition) is 2. The molecule has 0 unspecified atom stereocenters. The molecule has 152 valence electrons. The maximum atomic E-state index is 12.7. The molecular formula is C21H28O6Si. The summed E-state index contributed by atoms with van der Waals surface area (Å²) >= 11 is 0. The summed E-state index contributed by atoms with van der Waals surface area (Å²) in [6.07, 6.45) is 2.16. The van der Waals surface area contributed by atoms with Gasteiger partial charge in [0.1, 0.15) is 11.5 Å². The van der Waals surface area contributed by atoms with Crippen LogP contribution in [0.2, 0.25) is 6.04 Å². The van der Waals surface area contributed by atoms with E-state index in [-0.39, 0.29) is 11.5 Å². The number of carbonyl (C=O) groups excluding carboxylic acids is 1. The Kier molecular flexibility index (Phi) is 8.50. The van der Waals surface area contributed by atoms with Gasteiger partial charge in [0.2, 0.25) is 0 Å². The molecule has 0 aliphatic heterocycles. The second-order valence-electron chi connectivity index (χ2n) is 6.48. The van der Waals surface area contributed by atoms with Crippen molar-refractivity contribution < 1.29 is 28.3 Å². The van der Waals surface area contributed by atoms with Crippen LogP contribution in [0.5, 0.6) is 11.5 Å². The number of aryl methyl sites for hydroxylation is 1. The van der Waals surface area contributed by atoms with Crippen molar-refractivity contribution in [3.8, 4) is 11.5 Å². The highest BCUT2D eigenvalue weighted by Crippen LogP contribution is 2.23. The lowest BCUT2D eigenvalue weighted by atomic mass is 10.2.